The first-order valence-corrected chi connectivity index (χ1v) is 9.30. The fourth-order valence-electron chi connectivity index (χ4n) is 3.94. The number of likely N-dealkylation sites (tertiary alicyclic amines) is 1. The Balaban J connectivity index is 1.60. The smallest absolute Gasteiger partial charge is 0.339 e. The molecule has 134 valence electrons. The van der Waals surface area contributed by atoms with Crippen molar-refractivity contribution in [2.75, 3.05) is 13.1 Å². The summed E-state index contributed by atoms with van der Waals surface area (Å²) in [6, 6.07) is 15.1. The SMILES string of the molecule is C[C@@H]1CCCN(C(=O)c2ccc3c(c2)C[C@H](c2ccccc2)OC3=O)C1. The Bertz CT molecular complexity index is 831. The summed E-state index contributed by atoms with van der Waals surface area (Å²) in [5.41, 5.74) is 3.11. The zero-order chi connectivity index (χ0) is 18.1. The maximum atomic E-state index is 12.9. The number of cyclic esters (lactones) is 1. The summed E-state index contributed by atoms with van der Waals surface area (Å²) in [6.07, 6.45) is 2.54. The van der Waals surface area contributed by atoms with Crippen molar-refractivity contribution in [1.29, 1.82) is 0 Å². The number of rotatable bonds is 2. The van der Waals surface area contributed by atoms with Crippen LogP contribution in [0.3, 0.4) is 0 Å². The molecule has 4 rings (SSSR count). The molecule has 1 saturated heterocycles. The van der Waals surface area contributed by atoms with E-state index in [9.17, 15) is 9.59 Å². The zero-order valence-corrected chi connectivity index (χ0v) is 15.0. The van der Waals surface area contributed by atoms with Gasteiger partial charge in [-0.1, -0.05) is 37.3 Å². The topological polar surface area (TPSA) is 46.6 Å². The molecule has 4 heteroatoms. The summed E-state index contributed by atoms with van der Waals surface area (Å²) >= 11 is 0. The Morgan fingerprint density at radius 2 is 1.96 bits per heavy atom. The number of nitrogens with zero attached hydrogens (tertiary/aromatic N) is 1. The molecule has 1 fully saturated rings. The van der Waals surface area contributed by atoms with Gasteiger partial charge in [-0.05, 0) is 48.1 Å². The van der Waals surface area contributed by atoms with Crippen molar-refractivity contribution in [3.8, 4) is 0 Å². The molecule has 0 aromatic heterocycles. The Kier molecular flexibility index (Phi) is 4.49. The molecule has 2 aromatic carbocycles. The van der Waals surface area contributed by atoms with E-state index in [1.807, 2.05) is 41.3 Å². The zero-order valence-electron chi connectivity index (χ0n) is 15.0. The van der Waals surface area contributed by atoms with Crippen LogP contribution in [-0.4, -0.2) is 29.9 Å². The summed E-state index contributed by atoms with van der Waals surface area (Å²) in [4.78, 5) is 27.2. The molecule has 2 heterocycles. The number of hydrogen-bond acceptors (Lipinski definition) is 3. The second-order valence-electron chi connectivity index (χ2n) is 7.38. The van der Waals surface area contributed by atoms with Gasteiger partial charge in [0.1, 0.15) is 6.10 Å². The van der Waals surface area contributed by atoms with Crippen molar-refractivity contribution >= 4 is 11.9 Å². The molecule has 0 radical (unpaired) electrons. The van der Waals surface area contributed by atoms with Gasteiger partial charge in [0.2, 0.25) is 0 Å². The lowest BCUT2D eigenvalue weighted by atomic mass is 9.92. The first kappa shape index (κ1) is 16.8. The summed E-state index contributed by atoms with van der Waals surface area (Å²) in [5, 5.41) is 0. The van der Waals surface area contributed by atoms with Gasteiger partial charge >= 0.3 is 5.97 Å². The van der Waals surface area contributed by atoms with Crippen molar-refractivity contribution < 1.29 is 14.3 Å². The van der Waals surface area contributed by atoms with Gasteiger partial charge in [-0.15, -0.1) is 0 Å². The molecular formula is C22H23NO3. The number of ether oxygens (including phenoxy) is 1. The molecule has 2 aromatic rings. The van der Waals surface area contributed by atoms with Crippen LogP contribution >= 0.6 is 0 Å². The highest BCUT2D eigenvalue weighted by Crippen LogP contribution is 2.31. The van der Waals surface area contributed by atoms with E-state index in [-0.39, 0.29) is 18.0 Å². The number of piperidine rings is 1. The highest BCUT2D eigenvalue weighted by Gasteiger charge is 2.29. The quantitative estimate of drug-likeness (QED) is 0.770. The highest BCUT2D eigenvalue weighted by atomic mass is 16.5. The van der Waals surface area contributed by atoms with Gasteiger partial charge in [-0.3, -0.25) is 4.79 Å². The van der Waals surface area contributed by atoms with Crippen LogP contribution in [0.2, 0.25) is 0 Å². The van der Waals surface area contributed by atoms with Crippen LogP contribution in [0.15, 0.2) is 48.5 Å². The number of carbonyl (C=O) groups excluding carboxylic acids is 2. The summed E-state index contributed by atoms with van der Waals surface area (Å²) < 4.78 is 5.60. The lowest BCUT2D eigenvalue weighted by Crippen LogP contribution is -2.39. The Morgan fingerprint density at radius 1 is 1.15 bits per heavy atom. The predicted octanol–water partition coefficient (Wildman–Crippen LogP) is 4.01. The summed E-state index contributed by atoms with van der Waals surface area (Å²) in [5.74, 6) is 0.294. The minimum atomic E-state index is -0.314. The minimum absolute atomic E-state index is 0.0644. The second kappa shape index (κ2) is 6.94. The van der Waals surface area contributed by atoms with E-state index in [0.29, 0.717) is 23.5 Å². The monoisotopic (exact) mass is 349 g/mol. The number of carbonyl (C=O) groups is 2. The van der Waals surface area contributed by atoms with E-state index in [1.54, 1.807) is 12.1 Å². The van der Waals surface area contributed by atoms with Gasteiger partial charge in [0.05, 0.1) is 5.56 Å². The molecule has 2 aliphatic rings. The predicted molar refractivity (Wildman–Crippen MR) is 99.0 cm³/mol. The van der Waals surface area contributed by atoms with Crippen LogP contribution in [-0.2, 0) is 11.2 Å². The molecule has 0 bridgehead atoms. The molecular weight excluding hydrogens is 326 g/mol. The molecule has 0 N–H and O–H groups in total. The molecule has 0 saturated carbocycles. The van der Waals surface area contributed by atoms with E-state index >= 15 is 0 Å². The minimum Gasteiger partial charge on any atom is -0.454 e. The highest BCUT2D eigenvalue weighted by molar-refractivity contribution is 5.97. The van der Waals surface area contributed by atoms with Crippen LogP contribution in [0.5, 0.6) is 0 Å². The van der Waals surface area contributed by atoms with Crippen LogP contribution in [0, 0.1) is 5.92 Å². The summed E-state index contributed by atoms with van der Waals surface area (Å²) in [6.45, 7) is 3.81. The molecule has 4 nitrogen and oxygen atoms in total. The molecule has 2 aliphatic heterocycles. The third-order valence-corrected chi connectivity index (χ3v) is 5.34. The summed E-state index contributed by atoms with van der Waals surface area (Å²) in [7, 11) is 0. The van der Waals surface area contributed by atoms with Crippen molar-refractivity contribution in [3.05, 3.63) is 70.8 Å². The third kappa shape index (κ3) is 3.24. The first-order chi connectivity index (χ1) is 12.6. The standard InChI is InChI=1S/C22H23NO3/c1-15-6-5-11-23(14-15)21(24)17-9-10-19-18(12-17)13-20(26-22(19)25)16-7-3-2-4-8-16/h2-4,7-10,12,15,20H,5-6,11,13-14H2,1H3/t15-,20-/m1/s1. The van der Waals surface area contributed by atoms with E-state index in [2.05, 4.69) is 6.92 Å². The Labute approximate surface area is 153 Å². The Morgan fingerprint density at radius 3 is 2.73 bits per heavy atom. The number of esters is 1. The third-order valence-electron chi connectivity index (χ3n) is 5.34. The van der Waals surface area contributed by atoms with Crippen molar-refractivity contribution in [2.45, 2.75) is 32.3 Å². The van der Waals surface area contributed by atoms with Gasteiger partial charge in [0, 0.05) is 25.1 Å². The van der Waals surface area contributed by atoms with Gasteiger partial charge in [0.15, 0.2) is 0 Å². The molecule has 0 unspecified atom stereocenters. The molecule has 26 heavy (non-hydrogen) atoms. The van der Waals surface area contributed by atoms with E-state index < -0.39 is 0 Å². The number of fused-ring (bicyclic) bond motifs is 1. The molecule has 0 aliphatic carbocycles. The fraction of sp³-hybridized carbons (Fsp3) is 0.364. The Hall–Kier alpha value is -2.62. The van der Waals surface area contributed by atoms with Gasteiger partial charge in [-0.2, -0.15) is 0 Å². The average Bonchev–Trinajstić information content (AvgIpc) is 2.67. The lowest BCUT2D eigenvalue weighted by Gasteiger charge is -2.31. The fourth-order valence-corrected chi connectivity index (χ4v) is 3.94. The van der Waals surface area contributed by atoms with Gasteiger partial charge in [0.25, 0.3) is 5.91 Å². The van der Waals surface area contributed by atoms with Crippen molar-refractivity contribution in [2.24, 2.45) is 5.92 Å². The van der Waals surface area contributed by atoms with Crippen LogP contribution in [0.1, 0.15) is 57.7 Å². The van der Waals surface area contributed by atoms with E-state index in [4.69, 9.17) is 4.74 Å². The maximum Gasteiger partial charge on any atom is 0.339 e. The van der Waals surface area contributed by atoms with Crippen LogP contribution in [0.25, 0.3) is 0 Å². The van der Waals surface area contributed by atoms with Gasteiger partial charge in [-0.25, -0.2) is 4.79 Å². The first-order valence-electron chi connectivity index (χ1n) is 9.30. The largest absolute Gasteiger partial charge is 0.454 e. The molecule has 0 spiro atoms. The van der Waals surface area contributed by atoms with Crippen molar-refractivity contribution in [1.82, 2.24) is 4.90 Å². The molecule has 1 amide bonds. The van der Waals surface area contributed by atoms with E-state index in [1.165, 1.54) is 6.42 Å². The maximum absolute atomic E-state index is 12.9. The van der Waals surface area contributed by atoms with E-state index in [0.717, 1.165) is 30.6 Å². The lowest BCUT2D eigenvalue weighted by molar-refractivity contribution is 0.0252. The second-order valence-corrected chi connectivity index (χ2v) is 7.38. The van der Waals surface area contributed by atoms with Crippen LogP contribution in [0.4, 0.5) is 0 Å². The number of amides is 1. The number of benzene rings is 2. The number of hydrogen-bond donors (Lipinski definition) is 0. The van der Waals surface area contributed by atoms with Crippen LogP contribution < -0.4 is 0 Å². The molecule has 2 atom stereocenters. The average molecular weight is 349 g/mol. The normalized spacial score (nSPS) is 22.5. The van der Waals surface area contributed by atoms with Gasteiger partial charge < -0.3 is 9.64 Å². The van der Waals surface area contributed by atoms with Crippen molar-refractivity contribution in [3.63, 3.8) is 0 Å².